The van der Waals surface area contributed by atoms with Crippen molar-refractivity contribution in [2.24, 2.45) is 0 Å². The Hall–Kier alpha value is -2.72. The molecule has 2 N–H and O–H groups in total. The molecule has 1 amide bonds. The van der Waals surface area contributed by atoms with Crippen molar-refractivity contribution >= 4 is 38.6 Å². The van der Waals surface area contributed by atoms with Crippen molar-refractivity contribution in [2.45, 2.75) is 38.3 Å². The minimum atomic E-state index is -3.66. The van der Waals surface area contributed by atoms with Gasteiger partial charge in [-0.05, 0) is 74.5 Å². The van der Waals surface area contributed by atoms with Crippen LogP contribution < -0.4 is 10.2 Å². The molecule has 0 atom stereocenters. The van der Waals surface area contributed by atoms with E-state index >= 15 is 0 Å². The van der Waals surface area contributed by atoms with E-state index in [-0.39, 0.29) is 35.8 Å². The van der Waals surface area contributed by atoms with Crippen LogP contribution in [0.1, 0.15) is 29.9 Å². The number of aromatic nitrogens is 1. The fraction of sp³-hybridized carbons (Fsp3) is 0.320. The molecule has 7 nitrogen and oxygen atoms in total. The third-order valence-electron chi connectivity index (χ3n) is 5.62. The van der Waals surface area contributed by atoms with Gasteiger partial charge in [-0.25, -0.2) is 21.9 Å². The largest absolute Gasteiger partial charge is 0.350 e. The van der Waals surface area contributed by atoms with E-state index in [4.69, 9.17) is 11.8 Å². The fourth-order valence-corrected chi connectivity index (χ4v) is 4.95. The van der Waals surface area contributed by atoms with Crippen LogP contribution in [0.25, 0.3) is 22.0 Å². The third-order valence-corrected chi connectivity index (χ3v) is 7.58. The van der Waals surface area contributed by atoms with Gasteiger partial charge in [-0.15, -0.1) is 0 Å². The molecule has 0 saturated carbocycles. The molecule has 1 heterocycles. The predicted molar refractivity (Wildman–Crippen MR) is 139 cm³/mol. The van der Waals surface area contributed by atoms with Crippen molar-refractivity contribution in [3.8, 4) is 11.1 Å². The Morgan fingerprint density at radius 2 is 1.91 bits per heavy atom. The van der Waals surface area contributed by atoms with Crippen molar-refractivity contribution in [3.05, 3.63) is 65.6 Å². The first kappa shape index (κ1) is 26.9. The number of benzene rings is 2. The van der Waals surface area contributed by atoms with E-state index in [1.807, 2.05) is 31.4 Å². The summed E-state index contributed by atoms with van der Waals surface area (Å²) in [5.41, 5.74) is 3.31. The van der Waals surface area contributed by atoms with Crippen LogP contribution in [0.2, 0.25) is 0 Å². The van der Waals surface area contributed by atoms with E-state index in [2.05, 4.69) is 10.2 Å². The van der Waals surface area contributed by atoms with Gasteiger partial charge in [0.25, 0.3) is 5.91 Å². The number of amides is 1. The van der Waals surface area contributed by atoms with Crippen LogP contribution in [0.4, 0.5) is 4.39 Å². The third kappa shape index (κ3) is 5.75. The van der Waals surface area contributed by atoms with Gasteiger partial charge in [0.1, 0.15) is 5.83 Å². The SMILES string of the molecule is Cc1c(-c2cccc(S(=O)(=O)N(C)C)c2)c2cc(C(=O)NC(C)C)ccc2n1C/C(F)=C/CNCl. The first-order chi connectivity index (χ1) is 16.5. The number of nitrogens with zero attached hydrogens (tertiary/aromatic N) is 2. The monoisotopic (exact) mass is 520 g/mol. The van der Waals surface area contributed by atoms with Crippen molar-refractivity contribution in [1.29, 1.82) is 0 Å². The molecule has 0 aliphatic heterocycles. The molecule has 0 aliphatic carbocycles. The molecule has 0 fully saturated rings. The van der Waals surface area contributed by atoms with Gasteiger partial charge in [0, 0.05) is 54.4 Å². The molecule has 0 spiro atoms. The zero-order valence-electron chi connectivity index (χ0n) is 20.4. The molecule has 35 heavy (non-hydrogen) atoms. The van der Waals surface area contributed by atoms with Crippen molar-refractivity contribution in [1.82, 2.24) is 19.0 Å². The lowest BCUT2D eigenvalue weighted by atomic mass is 10.0. The van der Waals surface area contributed by atoms with Gasteiger partial charge in [-0.3, -0.25) is 4.79 Å². The topological polar surface area (TPSA) is 83.4 Å². The van der Waals surface area contributed by atoms with Crippen molar-refractivity contribution in [3.63, 3.8) is 0 Å². The first-order valence-corrected chi connectivity index (χ1v) is 12.9. The number of carbonyl (C=O) groups excluding carboxylic acids is 1. The number of hydrogen-bond donors (Lipinski definition) is 2. The van der Waals surface area contributed by atoms with E-state index in [0.717, 1.165) is 26.5 Å². The maximum atomic E-state index is 14.6. The summed E-state index contributed by atoms with van der Waals surface area (Å²) in [5, 5.41) is 3.61. The number of sulfonamides is 1. The minimum Gasteiger partial charge on any atom is -0.350 e. The summed E-state index contributed by atoms with van der Waals surface area (Å²) in [4.78, 5) is 15.2. The van der Waals surface area contributed by atoms with E-state index in [9.17, 15) is 17.6 Å². The maximum absolute atomic E-state index is 14.6. The minimum absolute atomic E-state index is 0.0336. The number of carbonyl (C=O) groups is 1. The highest BCUT2D eigenvalue weighted by atomic mass is 35.5. The zero-order chi connectivity index (χ0) is 25.9. The average molecular weight is 521 g/mol. The van der Waals surface area contributed by atoms with Gasteiger partial charge < -0.3 is 9.88 Å². The van der Waals surface area contributed by atoms with Gasteiger partial charge in [0.05, 0.1) is 11.4 Å². The highest BCUT2D eigenvalue weighted by Crippen LogP contribution is 2.37. The van der Waals surface area contributed by atoms with Crippen LogP contribution >= 0.6 is 11.8 Å². The normalized spacial score (nSPS) is 12.7. The number of hydrogen-bond acceptors (Lipinski definition) is 4. The van der Waals surface area contributed by atoms with Crippen molar-refractivity contribution in [2.75, 3.05) is 20.6 Å². The molecule has 0 bridgehead atoms. The number of allylic oxidation sites excluding steroid dienone is 1. The quantitative estimate of drug-likeness (QED) is 0.404. The van der Waals surface area contributed by atoms with Crippen LogP contribution in [0, 0.1) is 6.92 Å². The smallest absolute Gasteiger partial charge is 0.251 e. The summed E-state index contributed by atoms with van der Waals surface area (Å²) in [7, 11) is -0.706. The summed E-state index contributed by atoms with van der Waals surface area (Å²) < 4.78 is 43.1. The number of halogens is 2. The lowest BCUT2D eigenvalue weighted by Gasteiger charge is -2.13. The van der Waals surface area contributed by atoms with Gasteiger partial charge in [0.2, 0.25) is 10.0 Å². The molecule has 0 unspecified atom stereocenters. The van der Waals surface area contributed by atoms with E-state index < -0.39 is 10.0 Å². The standard InChI is InChI=1S/C25H30ClFN4O3S/c1-16(2)29-25(32)19-9-10-23-22(14-19)24(17(3)31(23)15-20(27)11-12-28-26)18-7-6-8-21(13-18)35(33,34)30(4)5/h6-11,13-14,16,28H,12,15H2,1-5H3,(H,29,32)/b20-11-. The highest BCUT2D eigenvalue weighted by Gasteiger charge is 2.22. The Morgan fingerprint density at radius 1 is 1.20 bits per heavy atom. The molecular formula is C25H30ClFN4O3S. The summed E-state index contributed by atoms with van der Waals surface area (Å²) in [5.74, 6) is -0.600. The van der Waals surface area contributed by atoms with Gasteiger partial charge in [0.15, 0.2) is 0 Å². The summed E-state index contributed by atoms with van der Waals surface area (Å²) in [6.45, 7) is 5.74. The molecule has 0 aliphatic rings. The second-order valence-electron chi connectivity index (χ2n) is 8.71. The van der Waals surface area contributed by atoms with Crippen LogP contribution in [0.5, 0.6) is 0 Å². The van der Waals surface area contributed by atoms with Crippen LogP contribution in [0.15, 0.2) is 59.3 Å². The van der Waals surface area contributed by atoms with Gasteiger partial charge >= 0.3 is 0 Å². The predicted octanol–water partition coefficient (Wildman–Crippen LogP) is 4.60. The molecule has 0 saturated heterocycles. The zero-order valence-corrected chi connectivity index (χ0v) is 22.0. The second-order valence-corrected chi connectivity index (χ2v) is 11.1. The van der Waals surface area contributed by atoms with Crippen LogP contribution in [-0.2, 0) is 16.6 Å². The van der Waals surface area contributed by atoms with Crippen LogP contribution in [-0.4, -0.2) is 49.9 Å². The fourth-order valence-electron chi connectivity index (χ4n) is 3.92. The lowest BCUT2D eigenvalue weighted by Crippen LogP contribution is -2.29. The van der Waals surface area contributed by atoms with Crippen LogP contribution in [0.3, 0.4) is 0 Å². The molecule has 3 aromatic rings. The van der Waals surface area contributed by atoms with Gasteiger partial charge in [-0.1, -0.05) is 12.1 Å². The molecule has 188 valence electrons. The number of rotatable bonds is 9. The molecule has 2 aromatic carbocycles. The maximum Gasteiger partial charge on any atom is 0.251 e. The number of fused-ring (bicyclic) bond motifs is 1. The Balaban J connectivity index is 2.26. The average Bonchev–Trinajstić information content (AvgIpc) is 3.07. The molecule has 10 heteroatoms. The molecular weight excluding hydrogens is 491 g/mol. The van der Waals surface area contributed by atoms with Gasteiger partial charge in [-0.2, -0.15) is 0 Å². The van der Waals surface area contributed by atoms with Crippen molar-refractivity contribution < 1.29 is 17.6 Å². The summed E-state index contributed by atoms with van der Waals surface area (Å²) in [6, 6.07) is 11.8. The molecule has 0 radical (unpaired) electrons. The first-order valence-electron chi connectivity index (χ1n) is 11.1. The summed E-state index contributed by atoms with van der Waals surface area (Å²) >= 11 is 5.46. The van der Waals surface area contributed by atoms with E-state index in [0.29, 0.717) is 11.1 Å². The highest BCUT2D eigenvalue weighted by molar-refractivity contribution is 7.89. The second kappa shape index (κ2) is 10.9. The Bertz CT molecular complexity index is 1380. The number of nitrogens with one attached hydrogen (secondary N) is 2. The Labute approximate surface area is 210 Å². The molecule has 1 aromatic heterocycles. The van der Waals surface area contributed by atoms with E-state index in [1.165, 1.54) is 26.2 Å². The Kier molecular flexibility index (Phi) is 8.38. The lowest BCUT2D eigenvalue weighted by molar-refractivity contribution is 0.0943. The summed E-state index contributed by atoms with van der Waals surface area (Å²) in [6.07, 6.45) is 1.35. The Morgan fingerprint density at radius 3 is 2.54 bits per heavy atom. The van der Waals surface area contributed by atoms with E-state index in [1.54, 1.807) is 30.3 Å². The molecule has 3 rings (SSSR count).